The lowest BCUT2D eigenvalue weighted by atomic mass is 10.0. The molecule has 0 saturated carbocycles. The van der Waals surface area contributed by atoms with Gasteiger partial charge >= 0.3 is 5.97 Å². The fourth-order valence-corrected chi connectivity index (χ4v) is 3.16. The number of carbonyl (C=O) groups excluding carboxylic acids is 1. The summed E-state index contributed by atoms with van der Waals surface area (Å²) in [6.07, 6.45) is 0. The van der Waals surface area contributed by atoms with E-state index in [1.54, 1.807) is 26.2 Å². The summed E-state index contributed by atoms with van der Waals surface area (Å²) in [6, 6.07) is 19.1. The van der Waals surface area contributed by atoms with Crippen LogP contribution in [0, 0.1) is 37.5 Å². The summed E-state index contributed by atoms with van der Waals surface area (Å²) in [5, 5.41) is 0. The molecule has 0 saturated heterocycles. The number of methoxy groups -OCH3 is 1. The summed E-state index contributed by atoms with van der Waals surface area (Å²) in [5.74, 6) is 12.6. The van der Waals surface area contributed by atoms with Gasteiger partial charge in [-0.3, -0.25) is 0 Å². The second kappa shape index (κ2) is 13.8. The van der Waals surface area contributed by atoms with Crippen LogP contribution < -0.4 is 4.74 Å². The Bertz CT molecular complexity index is 1200. The van der Waals surface area contributed by atoms with E-state index in [2.05, 4.69) is 23.7 Å². The molecule has 0 aliphatic rings. The Morgan fingerprint density at radius 1 is 0.778 bits per heavy atom. The maximum atomic E-state index is 12.6. The van der Waals surface area contributed by atoms with Crippen LogP contribution in [0.4, 0.5) is 0 Å². The van der Waals surface area contributed by atoms with Crippen molar-refractivity contribution in [2.24, 2.45) is 0 Å². The van der Waals surface area contributed by atoms with E-state index in [1.165, 1.54) is 0 Å². The predicted octanol–water partition coefficient (Wildman–Crippen LogP) is 5.28. The van der Waals surface area contributed by atoms with Crippen molar-refractivity contribution in [2.45, 2.75) is 20.8 Å². The molecule has 0 aliphatic carbocycles. The van der Waals surface area contributed by atoms with Crippen LogP contribution in [0.2, 0.25) is 0 Å². The number of ether oxygens (including phenoxy) is 4. The van der Waals surface area contributed by atoms with Gasteiger partial charge in [0.25, 0.3) is 0 Å². The molecule has 0 fully saturated rings. The number of esters is 1. The molecule has 0 spiro atoms. The highest BCUT2D eigenvalue weighted by atomic mass is 16.7. The first-order chi connectivity index (χ1) is 17.5. The van der Waals surface area contributed by atoms with Crippen molar-refractivity contribution in [3.8, 4) is 29.4 Å². The number of benzene rings is 3. The first kappa shape index (κ1) is 26.6. The molecule has 184 valence electrons. The molecule has 0 unspecified atom stereocenters. The van der Waals surface area contributed by atoms with E-state index in [0.717, 1.165) is 22.3 Å². The van der Waals surface area contributed by atoms with Crippen LogP contribution in [-0.4, -0.2) is 39.7 Å². The molecule has 0 aliphatic heterocycles. The lowest BCUT2D eigenvalue weighted by molar-refractivity contribution is -0.00870. The van der Waals surface area contributed by atoms with Crippen molar-refractivity contribution in [3.05, 3.63) is 99.6 Å². The molecule has 0 bridgehead atoms. The van der Waals surface area contributed by atoms with Crippen LogP contribution in [0.15, 0.2) is 60.7 Å². The van der Waals surface area contributed by atoms with Gasteiger partial charge in [0.1, 0.15) is 0 Å². The van der Waals surface area contributed by atoms with Gasteiger partial charge < -0.3 is 18.9 Å². The average molecular weight is 483 g/mol. The quantitative estimate of drug-likeness (QED) is 0.189. The van der Waals surface area contributed by atoms with Crippen LogP contribution in [0.3, 0.4) is 0 Å². The molecule has 3 rings (SSSR count). The van der Waals surface area contributed by atoms with Crippen molar-refractivity contribution in [1.82, 2.24) is 0 Å². The van der Waals surface area contributed by atoms with Crippen molar-refractivity contribution < 1.29 is 23.7 Å². The van der Waals surface area contributed by atoms with E-state index in [4.69, 9.17) is 18.9 Å². The van der Waals surface area contributed by atoms with Crippen LogP contribution in [-0.2, 0) is 14.2 Å². The van der Waals surface area contributed by atoms with Crippen molar-refractivity contribution >= 4 is 5.97 Å². The number of hydrogen-bond acceptors (Lipinski definition) is 5. The van der Waals surface area contributed by atoms with Gasteiger partial charge in [-0.2, -0.15) is 0 Å². The Hall–Kier alpha value is -4.03. The van der Waals surface area contributed by atoms with E-state index < -0.39 is 5.97 Å². The lowest BCUT2D eigenvalue weighted by Gasteiger charge is -2.13. The topological polar surface area (TPSA) is 54.0 Å². The van der Waals surface area contributed by atoms with Gasteiger partial charge in [-0.25, -0.2) is 4.79 Å². The molecule has 5 nitrogen and oxygen atoms in total. The van der Waals surface area contributed by atoms with Crippen LogP contribution in [0.25, 0.3) is 0 Å². The van der Waals surface area contributed by atoms with Gasteiger partial charge in [0.15, 0.2) is 12.5 Å². The summed E-state index contributed by atoms with van der Waals surface area (Å²) < 4.78 is 21.8. The van der Waals surface area contributed by atoms with Gasteiger partial charge in [-0.1, -0.05) is 59.1 Å². The average Bonchev–Trinajstić information content (AvgIpc) is 2.88. The van der Waals surface area contributed by atoms with E-state index in [1.807, 2.05) is 62.4 Å². The lowest BCUT2D eigenvalue weighted by Crippen LogP contribution is -2.11. The highest BCUT2D eigenvalue weighted by molar-refractivity contribution is 5.91. The van der Waals surface area contributed by atoms with E-state index in [0.29, 0.717) is 35.7 Å². The molecule has 0 radical (unpaired) electrons. The SMILES string of the molecule is CCOC(=O)c1cc(C#Cc2ccc(C)cc2)c(OCOCCOC)c(C#Cc2ccc(C)cc2)c1. The van der Waals surface area contributed by atoms with Crippen molar-refractivity contribution in [2.75, 3.05) is 33.7 Å². The Balaban J connectivity index is 2.08. The zero-order chi connectivity index (χ0) is 25.8. The predicted molar refractivity (Wildman–Crippen MR) is 140 cm³/mol. The summed E-state index contributed by atoms with van der Waals surface area (Å²) >= 11 is 0. The molecular weight excluding hydrogens is 452 g/mol. The van der Waals surface area contributed by atoms with Crippen LogP contribution >= 0.6 is 0 Å². The van der Waals surface area contributed by atoms with Gasteiger partial charge in [-0.15, -0.1) is 0 Å². The Kier molecular flexibility index (Phi) is 10.2. The molecular formula is C31H30O5. The Labute approximate surface area is 213 Å². The standard InChI is InChI=1S/C31H30O5/c1-5-35-31(32)29-20-27(16-14-25-10-6-23(2)7-11-25)30(36-22-34-19-18-33-4)28(21-29)17-15-26-12-8-24(3)9-13-26/h6-13,20-21H,5,18-19,22H2,1-4H3. The summed E-state index contributed by atoms with van der Waals surface area (Å²) in [5.41, 5.74) is 5.38. The van der Waals surface area contributed by atoms with Gasteiger partial charge in [0, 0.05) is 18.2 Å². The molecule has 0 amide bonds. The molecule has 0 atom stereocenters. The van der Waals surface area contributed by atoms with Crippen LogP contribution in [0.5, 0.6) is 5.75 Å². The van der Waals surface area contributed by atoms with Crippen molar-refractivity contribution in [3.63, 3.8) is 0 Å². The summed E-state index contributed by atoms with van der Waals surface area (Å²) in [4.78, 5) is 12.6. The third-order valence-electron chi connectivity index (χ3n) is 5.10. The normalized spacial score (nSPS) is 10.0. The molecule has 3 aromatic rings. The van der Waals surface area contributed by atoms with Crippen molar-refractivity contribution in [1.29, 1.82) is 0 Å². The zero-order valence-electron chi connectivity index (χ0n) is 21.1. The minimum Gasteiger partial charge on any atom is -0.465 e. The number of hydrogen-bond donors (Lipinski definition) is 0. The Morgan fingerprint density at radius 3 is 1.78 bits per heavy atom. The summed E-state index contributed by atoms with van der Waals surface area (Å²) in [6.45, 7) is 6.89. The fourth-order valence-electron chi connectivity index (χ4n) is 3.16. The van der Waals surface area contributed by atoms with Gasteiger partial charge in [0.05, 0.1) is 36.5 Å². The van der Waals surface area contributed by atoms with Gasteiger partial charge in [0.2, 0.25) is 0 Å². The third kappa shape index (κ3) is 8.03. The minimum absolute atomic E-state index is 0.0134. The molecule has 3 aromatic carbocycles. The second-order valence-electron chi connectivity index (χ2n) is 8.02. The molecule has 0 heterocycles. The summed E-state index contributed by atoms with van der Waals surface area (Å²) in [7, 11) is 1.61. The molecule has 5 heteroatoms. The second-order valence-corrected chi connectivity index (χ2v) is 8.02. The first-order valence-corrected chi connectivity index (χ1v) is 11.7. The zero-order valence-corrected chi connectivity index (χ0v) is 21.1. The third-order valence-corrected chi connectivity index (χ3v) is 5.10. The monoisotopic (exact) mass is 482 g/mol. The molecule has 0 aromatic heterocycles. The highest BCUT2D eigenvalue weighted by Crippen LogP contribution is 2.26. The van der Waals surface area contributed by atoms with Crippen LogP contribution in [0.1, 0.15) is 50.7 Å². The maximum absolute atomic E-state index is 12.6. The first-order valence-electron chi connectivity index (χ1n) is 11.7. The fraction of sp³-hybridized carbons (Fsp3) is 0.258. The van der Waals surface area contributed by atoms with Gasteiger partial charge in [-0.05, 0) is 57.2 Å². The highest BCUT2D eigenvalue weighted by Gasteiger charge is 2.16. The maximum Gasteiger partial charge on any atom is 0.338 e. The minimum atomic E-state index is -0.447. The van der Waals surface area contributed by atoms with E-state index in [9.17, 15) is 4.79 Å². The smallest absolute Gasteiger partial charge is 0.338 e. The Morgan fingerprint density at radius 2 is 1.31 bits per heavy atom. The molecule has 0 N–H and O–H groups in total. The molecule has 36 heavy (non-hydrogen) atoms. The number of aryl methyl sites for hydroxylation is 2. The number of carbonyl (C=O) groups is 1. The number of rotatable bonds is 8. The van der Waals surface area contributed by atoms with E-state index >= 15 is 0 Å². The largest absolute Gasteiger partial charge is 0.465 e. The van der Waals surface area contributed by atoms with E-state index in [-0.39, 0.29) is 13.4 Å².